The predicted octanol–water partition coefficient (Wildman–Crippen LogP) is 4.20. The predicted molar refractivity (Wildman–Crippen MR) is 77.8 cm³/mol. The van der Waals surface area contributed by atoms with Crippen LogP contribution in [-0.2, 0) is 6.54 Å². The number of nitriles is 1. The molecule has 0 aliphatic rings. The lowest BCUT2D eigenvalue weighted by Crippen LogP contribution is -2.19. The van der Waals surface area contributed by atoms with Crippen molar-refractivity contribution in [1.82, 2.24) is 5.32 Å². The van der Waals surface area contributed by atoms with Crippen LogP contribution in [0.5, 0.6) is 0 Å². The first-order valence-electron chi connectivity index (χ1n) is 6.28. The molecule has 2 aromatic carbocycles. The molecule has 0 radical (unpaired) electrons. The van der Waals surface area contributed by atoms with E-state index in [4.69, 9.17) is 16.9 Å². The average Bonchev–Trinajstić information content (AvgIpc) is 2.45. The minimum atomic E-state index is -0.341. The first-order valence-corrected chi connectivity index (χ1v) is 6.66. The Labute approximate surface area is 122 Å². The van der Waals surface area contributed by atoms with Crippen molar-refractivity contribution in [2.45, 2.75) is 19.5 Å². The smallest absolute Gasteiger partial charge is 0.123 e. The van der Waals surface area contributed by atoms with E-state index in [9.17, 15) is 4.39 Å². The molecule has 2 rings (SSSR count). The molecule has 0 aliphatic carbocycles. The summed E-state index contributed by atoms with van der Waals surface area (Å²) < 4.78 is 13.2. The minimum absolute atomic E-state index is 0.0125. The zero-order valence-electron chi connectivity index (χ0n) is 11.0. The third-order valence-electron chi connectivity index (χ3n) is 3.16. The maximum Gasteiger partial charge on any atom is 0.123 e. The summed E-state index contributed by atoms with van der Waals surface area (Å²) in [5.74, 6) is -0.341. The van der Waals surface area contributed by atoms with Crippen LogP contribution in [-0.4, -0.2) is 0 Å². The molecule has 0 unspecified atom stereocenters. The molecule has 0 saturated carbocycles. The lowest BCUT2D eigenvalue weighted by molar-refractivity contribution is 0.569. The van der Waals surface area contributed by atoms with E-state index in [0.29, 0.717) is 22.7 Å². The van der Waals surface area contributed by atoms with Crippen molar-refractivity contribution in [2.24, 2.45) is 0 Å². The van der Waals surface area contributed by atoms with Crippen LogP contribution in [0.25, 0.3) is 0 Å². The van der Waals surface area contributed by atoms with Gasteiger partial charge in [0.15, 0.2) is 0 Å². The van der Waals surface area contributed by atoms with E-state index in [1.807, 2.05) is 31.2 Å². The van der Waals surface area contributed by atoms with Gasteiger partial charge in [0.1, 0.15) is 5.82 Å². The minimum Gasteiger partial charge on any atom is -0.306 e. The van der Waals surface area contributed by atoms with Crippen molar-refractivity contribution in [3.8, 4) is 6.07 Å². The van der Waals surface area contributed by atoms with Crippen LogP contribution in [0.15, 0.2) is 42.5 Å². The quantitative estimate of drug-likeness (QED) is 0.915. The fourth-order valence-electron chi connectivity index (χ4n) is 2.02. The van der Waals surface area contributed by atoms with Gasteiger partial charge in [-0.3, -0.25) is 0 Å². The van der Waals surface area contributed by atoms with Crippen LogP contribution in [0, 0.1) is 17.1 Å². The van der Waals surface area contributed by atoms with E-state index in [1.165, 1.54) is 18.2 Å². The monoisotopic (exact) mass is 288 g/mol. The second-order valence-corrected chi connectivity index (χ2v) is 4.94. The Bertz CT molecular complexity index is 649. The van der Waals surface area contributed by atoms with Crippen LogP contribution in [0.2, 0.25) is 5.02 Å². The van der Waals surface area contributed by atoms with E-state index in [-0.39, 0.29) is 11.9 Å². The van der Waals surface area contributed by atoms with Gasteiger partial charge in [0, 0.05) is 17.6 Å². The highest BCUT2D eigenvalue weighted by Crippen LogP contribution is 2.22. The van der Waals surface area contributed by atoms with Gasteiger partial charge in [0.2, 0.25) is 0 Å². The Balaban J connectivity index is 2.11. The summed E-state index contributed by atoms with van der Waals surface area (Å²) in [5.41, 5.74) is 2.10. The molecule has 0 bridgehead atoms. The van der Waals surface area contributed by atoms with Crippen molar-refractivity contribution in [3.63, 3.8) is 0 Å². The van der Waals surface area contributed by atoms with Crippen molar-refractivity contribution >= 4 is 11.6 Å². The van der Waals surface area contributed by atoms with Gasteiger partial charge in [0.25, 0.3) is 0 Å². The molecule has 1 atom stereocenters. The lowest BCUT2D eigenvalue weighted by atomic mass is 10.1. The van der Waals surface area contributed by atoms with Gasteiger partial charge in [-0.1, -0.05) is 29.8 Å². The largest absolute Gasteiger partial charge is 0.306 e. The maximum absolute atomic E-state index is 13.2. The lowest BCUT2D eigenvalue weighted by Gasteiger charge is -2.16. The van der Waals surface area contributed by atoms with Crippen molar-refractivity contribution in [3.05, 3.63) is 70.0 Å². The molecule has 2 nitrogen and oxygen atoms in total. The average molecular weight is 289 g/mol. The van der Waals surface area contributed by atoms with E-state index in [0.717, 1.165) is 5.56 Å². The van der Waals surface area contributed by atoms with E-state index >= 15 is 0 Å². The van der Waals surface area contributed by atoms with Gasteiger partial charge in [-0.15, -0.1) is 0 Å². The van der Waals surface area contributed by atoms with E-state index in [1.54, 1.807) is 0 Å². The fraction of sp³-hybridized carbons (Fsp3) is 0.188. The molecular formula is C16H14ClFN2. The maximum atomic E-state index is 13.2. The van der Waals surface area contributed by atoms with Crippen molar-refractivity contribution < 1.29 is 4.39 Å². The molecule has 0 amide bonds. The highest BCUT2D eigenvalue weighted by atomic mass is 35.5. The summed E-state index contributed by atoms with van der Waals surface area (Å²) in [7, 11) is 0. The zero-order chi connectivity index (χ0) is 14.5. The molecule has 0 saturated heterocycles. The van der Waals surface area contributed by atoms with Crippen LogP contribution in [0.4, 0.5) is 4.39 Å². The summed E-state index contributed by atoms with van der Waals surface area (Å²) in [4.78, 5) is 0. The van der Waals surface area contributed by atoms with Gasteiger partial charge in [-0.05, 0) is 42.3 Å². The second kappa shape index (κ2) is 6.51. The highest BCUT2D eigenvalue weighted by molar-refractivity contribution is 6.31. The Morgan fingerprint density at radius 3 is 2.75 bits per heavy atom. The summed E-state index contributed by atoms with van der Waals surface area (Å²) in [6, 6.07) is 13.8. The Morgan fingerprint density at radius 1 is 1.30 bits per heavy atom. The van der Waals surface area contributed by atoms with Crippen LogP contribution in [0.3, 0.4) is 0 Å². The van der Waals surface area contributed by atoms with Gasteiger partial charge in [-0.2, -0.15) is 5.26 Å². The van der Waals surface area contributed by atoms with Crippen LogP contribution < -0.4 is 5.32 Å². The normalized spacial score (nSPS) is 11.9. The third-order valence-corrected chi connectivity index (χ3v) is 3.50. The SMILES string of the molecule is C[C@@H](NCc1cc(F)ccc1C#N)c1ccccc1Cl. The fourth-order valence-corrected chi connectivity index (χ4v) is 2.32. The number of hydrogen-bond acceptors (Lipinski definition) is 2. The van der Waals surface area contributed by atoms with E-state index in [2.05, 4.69) is 11.4 Å². The molecule has 0 spiro atoms. The number of hydrogen-bond donors (Lipinski definition) is 1. The molecule has 0 aromatic heterocycles. The van der Waals surface area contributed by atoms with Gasteiger partial charge in [0.05, 0.1) is 11.6 Å². The molecule has 1 N–H and O–H groups in total. The number of benzene rings is 2. The van der Waals surface area contributed by atoms with Gasteiger partial charge in [-0.25, -0.2) is 4.39 Å². The molecule has 2 aromatic rings. The molecule has 102 valence electrons. The molecule has 0 aliphatic heterocycles. The molecule has 0 fully saturated rings. The van der Waals surface area contributed by atoms with Crippen LogP contribution in [0.1, 0.15) is 29.7 Å². The Kier molecular flexibility index (Phi) is 4.73. The second-order valence-electron chi connectivity index (χ2n) is 4.54. The summed E-state index contributed by atoms with van der Waals surface area (Å²) in [6.45, 7) is 2.39. The molecular weight excluding hydrogens is 275 g/mol. The first-order chi connectivity index (χ1) is 9.61. The third kappa shape index (κ3) is 3.36. The van der Waals surface area contributed by atoms with Gasteiger partial charge < -0.3 is 5.32 Å². The van der Waals surface area contributed by atoms with Crippen LogP contribution >= 0.6 is 11.6 Å². The molecule has 4 heteroatoms. The highest BCUT2D eigenvalue weighted by Gasteiger charge is 2.10. The first kappa shape index (κ1) is 14.5. The Morgan fingerprint density at radius 2 is 2.05 bits per heavy atom. The topological polar surface area (TPSA) is 35.8 Å². The molecule has 20 heavy (non-hydrogen) atoms. The Hall–Kier alpha value is -1.89. The van der Waals surface area contributed by atoms with Crippen molar-refractivity contribution in [1.29, 1.82) is 5.26 Å². The standard InChI is InChI=1S/C16H14ClFN2/c1-11(15-4-2-3-5-16(15)17)20-10-13-8-14(18)7-6-12(13)9-19/h2-8,11,20H,10H2,1H3/t11-/m1/s1. The van der Waals surface area contributed by atoms with Gasteiger partial charge >= 0.3 is 0 Å². The summed E-state index contributed by atoms with van der Waals surface area (Å²) in [5, 5.41) is 13.0. The summed E-state index contributed by atoms with van der Waals surface area (Å²) in [6.07, 6.45) is 0. The van der Waals surface area contributed by atoms with E-state index < -0.39 is 0 Å². The molecule has 0 heterocycles. The number of rotatable bonds is 4. The van der Waals surface area contributed by atoms with Crippen molar-refractivity contribution in [2.75, 3.05) is 0 Å². The summed E-state index contributed by atoms with van der Waals surface area (Å²) >= 11 is 6.13. The number of halogens is 2. The number of nitrogens with one attached hydrogen (secondary N) is 1. The zero-order valence-corrected chi connectivity index (χ0v) is 11.8. The number of nitrogens with zero attached hydrogens (tertiary/aromatic N) is 1.